The molecule has 12 nitrogen and oxygen atoms in total. The van der Waals surface area contributed by atoms with E-state index in [0.29, 0.717) is 23.2 Å². The van der Waals surface area contributed by atoms with Crippen LogP contribution in [0.4, 0.5) is 0 Å². The highest BCUT2D eigenvalue weighted by molar-refractivity contribution is 5.90. The van der Waals surface area contributed by atoms with Gasteiger partial charge in [0.2, 0.25) is 0 Å². The van der Waals surface area contributed by atoms with Crippen molar-refractivity contribution in [3.05, 3.63) is 186 Å². The van der Waals surface area contributed by atoms with Crippen molar-refractivity contribution in [2.45, 2.75) is 178 Å². The van der Waals surface area contributed by atoms with E-state index in [4.69, 9.17) is 34.8 Å². The van der Waals surface area contributed by atoms with Crippen LogP contribution < -0.4 is 14.2 Å². The fraction of sp³-hybridized carbons (Fsp3) is 0.418. The van der Waals surface area contributed by atoms with E-state index in [1.165, 1.54) is 48.8 Å². The molecule has 2 atom stereocenters. The van der Waals surface area contributed by atoms with E-state index in [0.717, 1.165) is 65.6 Å². The summed E-state index contributed by atoms with van der Waals surface area (Å²) in [5.74, 6) is 3.42. The Balaban J connectivity index is 0.000000199. The maximum Gasteiger partial charge on any atom is 0.313 e. The fourth-order valence-electron chi connectivity index (χ4n) is 9.82. The highest BCUT2D eigenvalue weighted by Crippen LogP contribution is 2.36. The van der Waals surface area contributed by atoms with Crippen LogP contribution in [0.3, 0.4) is 0 Å². The lowest BCUT2D eigenvalue weighted by molar-refractivity contribution is -0.156. The van der Waals surface area contributed by atoms with Gasteiger partial charge in [0.05, 0.1) is 35.5 Å². The number of rotatable bonds is 13. The molecule has 91 heavy (non-hydrogen) atoms. The third kappa shape index (κ3) is 25.3. The standard InChI is InChI=1S/C16H22O2.2C14H14O2.C13H16O2.C12H12O2.C10H18O2/c1-12(2)16(17)18-15-11-7-6-10-14(15)13-8-4-3-5-9-13;1-10(2)14(15)16-13-9-5-7-11-6-3-4-8-12(11)13;1-10(2)14(15)16-13-8-7-11-5-3-4-6-12(11)9-13;1-9(2)13(14)15-12-7-10-5-3-4-6-11(10)8-12;1-4-10-5-7-11(8-6-10)14-12(13)9(2)3;1-8(2)10(11)12-9-6-4-3-5-7-9/h3-5,8-9,12,14-15H,6-7,10-11H2,1-2H3;2*3-10H,1-2H3;3-6,9,12H,7-8H2,1-2H3;1,5-9H,2-3H3;8-9H,3-7H2,1-2H3. The Labute approximate surface area is 541 Å². The van der Waals surface area contributed by atoms with Crippen LogP contribution >= 0.6 is 0 Å². The van der Waals surface area contributed by atoms with Crippen molar-refractivity contribution in [3.63, 3.8) is 0 Å². The Kier molecular flexibility index (Phi) is 30.7. The molecule has 0 bridgehead atoms. The second-order valence-electron chi connectivity index (χ2n) is 25.1. The first-order valence-electron chi connectivity index (χ1n) is 32.4. The number of terminal acetylenes is 1. The molecule has 0 spiro atoms. The predicted molar refractivity (Wildman–Crippen MR) is 362 cm³/mol. The molecule has 0 aromatic heterocycles. The van der Waals surface area contributed by atoms with Gasteiger partial charge in [-0.25, -0.2) is 0 Å². The summed E-state index contributed by atoms with van der Waals surface area (Å²) >= 11 is 0. The largest absolute Gasteiger partial charge is 0.462 e. The summed E-state index contributed by atoms with van der Waals surface area (Å²) in [6.45, 7) is 22.2. The predicted octanol–water partition coefficient (Wildman–Crippen LogP) is 17.8. The monoisotopic (exact) mass is 1240 g/mol. The molecular weight excluding hydrogens is 1140 g/mol. The zero-order valence-electron chi connectivity index (χ0n) is 55.6. The zero-order chi connectivity index (χ0) is 66.4. The first kappa shape index (κ1) is 73.2. The zero-order valence-corrected chi connectivity index (χ0v) is 55.6. The molecule has 0 radical (unpaired) electrons. The SMILES string of the molecule is C#Cc1ccc(OC(=O)C(C)C)cc1.CC(C)C(=O)OC1CCCCC1.CC(C)C(=O)OC1CCCCC1c1ccccc1.CC(C)C(=O)OC1Cc2ccccc2C1.CC(C)C(=O)Oc1ccc2ccccc2c1.CC(C)C(=O)Oc1cccc2ccccc12. The molecule has 10 rings (SSSR count). The van der Waals surface area contributed by atoms with Gasteiger partial charge in [0.25, 0.3) is 0 Å². The van der Waals surface area contributed by atoms with Crippen molar-refractivity contribution in [1.29, 1.82) is 0 Å². The molecule has 3 aliphatic rings. The number of carbonyl (C=O) groups excluding carboxylic acids is 6. The average molecular weight is 1240 g/mol. The van der Waals surface area contributed by atoms with Crippen LogP contribution in [-0.4, -0.2) is 54.1 Å². The fourth-order valence-corrected chi connectivity index (χ4v) is 9.82. The molecule has 7 aromatic rings. The van der Waals surface area contributed by atoms with Gasteiger partial charge in [-0.2, -0.15) is 0 Å². The summed E-state index contributed by atoms with van der Waals surface area (Å²) in [5, 5.41) is 4.28. The second kappa shape index (κ2) is 38.2. The molecule has 0 aliphatic heterocycles. The summed E-state index contributed by atoms with van der Waals surface area (Å²) < 4.78 is 32.1. The summed E-state index contributed by atoms with van der Waals surface area (Å²) in [4.78, 5) is 68.5. The molecule has 2 fully saturated rings. The Bertz CT molecular complexity index is 3400. The van der Waals surface area contributed by atoms with E-state index in [2.05, 4.69) is 42.3 Å². The van der Waals surface area contributed by atoms with Gasteiger partial charge in [-0.15, -0.1) is 6.42 Å². The third-order valence-corrected chi connectivity index (χ3v) is 15.3. The lowest BCUT2D eigenvalue weighted by Crippen LogP contribution is -2.30. The van der Waals surface area contributed by atoms with Crippen LogP contribution in [0.2, 0.25) is 0 Å². The van der Waals surface area contributed by atoms with Crippen molar-refractivity contribution in [2.24, 2.45) is 35.5 Å². The molecule has 0 saturated heterocycles. The Morgan fingerprint density at radius 1 is 0.385 bits per heavy atom. The van der Waals surface area contributed by atoms with Crippen molar-refractivity contribution in [2.75, 3.05) is 0 Å². The second-order valence-corrected chi connectivity index (χ2v) is 25.1. The highest BCUT2D eigenvalue weighted by atomic mass is 16.6. The minimum absolute atomic E-state index is 0.0203. The normalized spacial score (nSPS) is 15.1. The van der Waals surface area contributed by atoms with Crippen LogP contribution in [0.25, 0.3) is 21.5 Å². The van der Waals surface area contributed by atoms with Crippen LogP contribution in [-0.2, 0) is 55.8 Å². The molecule has 12 heteroatoms. The van der Waals surface area contributed by atoms with Gasteiger partial charge in [0, 0.05) is 29.7 Å². The van der Waals surface area contributed by atoms with Gasteiger partial charge < -0.3 is 28.4 Å². The summed E-state index contributed by atoms with van der Waals surface area (Å²) in [6.07, 6.45) is 17.7. The van der Waals surface area contributed by atoms with Crippen LogP contribution in [0, 0.1) is 47.9 Å². The van der Waals surface area contributed by atoms with E-state index in [-0.39, 0.29) is 89.6 Å². The Morgan fingerprint density at radius 2 is 0.824 bits per heavy atom. The first-order valence-corrected chi connectivity index (χ1v) is 32.4. The van der Waals surface area contributed by atoms with Crippen molar-refractivity contribution in [1.82, 2.24) is 0 Å². The molecule has 3 aliphatic carbocycles. The molecule has 0 N–H and O–H groups in total. The number of hydrogen-bond donors (Lipinski definition) is 0. The van der Waals surface area contributed by atoms with E-state index in [1.807, 2.05) is 172 Å². The number of ether oxygens (including phenoxy) is 6. The van der Waals surface area contributed by atoms with Gasteiger partial charge >= 0.3 is 35.8 Å². The molecule has 484 valence electrons. The topological polar surface area (TPSA) is 158 Å². The van der Waals surface area contributed by atoms with E-state index in [1.54, 1.807) is 38.1 Å². The smallest absolute Gasteiger partial charge is 0.313 e. The summed E-state index contributed by atoms with van der Waals surface area (Å²) in [5.41, 5.74) is 4.71. The quantitative estimate of drug-likeness (QED) is 0.0466. The number of benzene rings is 7. The Hall–Kier alpha value is -8.56. The minimum atomic E-state index is -0.238. The van der Waals surface area contributed by atoms with Gasteiger partial charge in [-0.3, -0.25) is 28.8 Å². The summed E-state index contributed by atoms with van der Waals surface area (Å²) in [7, 11) is 0. The van der Waals surface area contributed by atoms with E-state index in [9.17, 15) is 28.8 Å². The third-order valence-electron chi connectivity index (χ3n) is 15.3. The maximum absolute atomic E-state index is 11.8. The van der Waals surface area contributed by atoms with E-state index < -0.39 is 0 Å². The molecular formula is C79H96O12. The minimum Gasteiger partial charge on any atom is -0.462 e. The van der Waals surface area contributed by atoms with Crippen molar-refractivity contribution >= 4 is 57.4 Å². The number of hydrogen-bond acceptors (Lipinski definition) is 12. The van der Waals surface area contributed by atoms with Crippen LogP contribution in [0.15, 0.2) is 164 Å². The van der Waals surface area contributed by atoms with Crippen LogP contribution in [0.5, 0.6) is 17.2 Å². The summed E-state index contributed by atoms with van der Waals surface area (Å²) in [6, 6.07) is 52.8. The van der Waals surface area contributed by atoms with Crippen molar-refractivity contribution in [3.8, 4) is 29.6 Å². The van der Waals surface area contributed by atoms with Gasteiger partial charge in [0.15, 0.2) is 0 Å². The van der Waals surface area contributed by atoms with E-state index >= 15 is 0 Å². The number of fused-ring (bicyclic) bond motifs is 3. The van der Waals surface area contributed by atoms with Crippen molar-refractivity contribution < 1.29 is 57.2 Å². The van der Waals surface area contributed by atoms with Gasteiger partial charge in [-0.05, 0) is 120 Å². The lowest BCUT2D eigenvalue weighted by atomic mass is 9.81. The number of carbonyl (C=O) groups is 6. The maximum atomic E-state index is 11.8. The first-order chi connectivity index (χ1) is 43.5. The molecule has 7 aromatic carbocycles. The van der Waals surface area contributed by atoms with Crippen LogP contribution in [0.1, 0.15) is 169 Å². The molecule has 2 saturated carbocycles. The average Bonchev–Trinajstić information content (AvgIpc) is 3.95. The molecule has 2 unspecified atom stereocenters. The van der Waals surface area contributed by atoms with Gasteiger partial charge in [0.1, 0.15) is 35.6 Å². The highest BCUT2D eigenvalue weighted by Gasteiger charge is 2.30. The molecule has 0 heterocycles. The lowest BCUT2D eigenvalue weighted by Gasteiger charge is -2.32. The number of esters is 6. The molecule has 0 amide bonds. The Morgan fingerprint density at radius 3 is 1.38 bits per heavy atom. The van der Waals surface area contributed by atoms with Gasteiger partial charge in [-0.1, -0.05) is 223 Å².